The average Bonchev–Trinajstić information content (AvgIpc) is 2.39. The van der Waals surface area contributed by atoms with E-state index in [0.29, 0.717) is 11.4 Å². The van der Waals surface area contributed by atoms with Gasteiger partial charge in [-0.05, 0) is 31.0 Å². The quantitative estimate of drug-likeness (QED) is 0.907. The van der Waals surface area contributed by atoms with Crippen LogP contribution in [0.2, 0.25) is 5.02 Å². The van der Waals surface area contributed by atoms with Crippen LogP contribution in [0.4, 0.5) is 0 Å². The molecular weight excluding hydrogens is 270 g/mol. The summed E-state index contributed by atoms with van der Waals surface area (Å²) in [6.07, 6.45) is 0.370. The molecule has 0 saturated heterocycles. The molecule has 0 aliphatic heterocycles. The fraction of sp³-hybridized carbons (Fsp3) is 0.235. The lowest BCUT2D eigenvalue weighted by atomic mass is 9.94. The maximum absolute atomic E-state index is 12.2. The predicted octanol–water partition coefficient (Wildman–Crippen LogP) is 3.93. The van der Waals surface area contributed by atoms with Gasteiger partial charge in [0.05, 0.1) is 12.0 Å². The zero-order valence-corrected chi connectivity index (χ0v) is 12.4. The number of carbonyl (C=O) groups is 1. The van der Waals surface area contributed by atoms with Gasteiger partial charge in [0, 0.05) is 5.02 Å². The van der Waals surface area contributed by atoms with E-state index in [4.69, 9.17) is 11.6 Å². The summed E-state index contributed by atoms with van der Waals surface area (Å²) < 4.78 is 0. The number of hydrogen-bond donors (Lipinski definition) is 1. The minimum atomic E-state index is -0.496. The monoisotopic (exact) mass is 287 g/mol. The van der Waals surface area contributed by atoms with Gasteiger partial charge in [-0.2, -0.15) is 0 Å². The maximum Gasteiger partial charge on any atom is 0.225 e. The molecule has 104 valence electrons. The molecule has 1 amide bonds. The van der Waals surface area contributed by atoms with E-state index in [9.17, 15) is 4.79 Å². The summed E-state index contributed by atoms with van der Waals surface area (Å²) in [6, 6.07) is 17.3. The zero-order valence-electron chi connectivity index (χ0n) is 11.7. The molecule has 3 heteroatoms. The number of carbonyl (C=O) groups excluding carboxylic acids is 1. The first-order valence-corrected chi connectivity index (χ1v) is 6.97. The van der Waals surface area contributed by atoms with Gasteiger partial charge in [0.1, 0.15) is 0 Å². The van der Waals surface area contributed by atoms with Crippen molar-refractivity contribution < 1.29 is 4.79 Å². The number of nitrogens with one attached hydrogen (secondary N) is 1. The van der Waals surface area contributed by atoms with Crippen LogP contribution < -0.4 is 5.32 Å². The number of amides is 1. The van der Waals surface area contributed by atoms with Crippen LogP contribution in [0.1, 0.15) is 25.0 Å². The van der Waals surface area contributed by atoms with Gasteiger partial charge in [-0.15, -0.1) is 0 Å². The van der Waals surface area contributed by atoms with Gasteiger partial charge in [0.2, 0.25) is 5.91 Å². The molecule has 20 heavy (non-hydrogen) atoms. The van der Waals surface area contributed by atoms with Gasteiger partial charge in [0.15, 0.2) is 0 Å². The third-order valence-electron chi connectivity index (χ3n) is 3.21. The summed E-state index contributed by atoms with van der Waals surface area (Å²) in [4.78, 5) is 12.2. The van der Waals surface area contributed by atoms with Gasteiger partial charge in [0.25, 0.3) is 0 Å². The Labute approximate surface area is 124 Å². The van der Waals surface area contributed by atoms with E-state index in [1.54, 1.807) is 0 Å². The maximum atomic E-state index is 12.2. The molecule has 1 N–H and O–H groups in total. The molecule has 0 spiro atoms. The lowest BCUT2D eigenvalue weighted by Crippen LogP contribution is -2.41. The zero-order chi connectivity index (χ0) is 14.6. The SMILES string of the molecule is CC(C)(NC(=O)Cc1ccccc1)c1ccccc1Cl. The molecule has 0 atom stereocenters. The Hall–Kier alpha value is -1.80. The molecule has 0 fully saturated rings. The summed E-state index contributed by atoms with van der Waals surface area (Å²) in [5, 5.41) is 3.70. The second kappa shape index (κ2) is 6.10. The van der Waals surface area contributed by atoms with Crippen LogP contribution in [0.5, 0.6) is 0 Å². The van der Waals surface area contributed by atoms with Gasteiger partial charge in [-0.1, -0.05) is 60.1 Å². The molecule has 0 radical (unpaired) electrons. The topological polar surface area (TPSA) is 29.1 Å². The van der Waals surface area contributed by atoms with Crippen molar-refractivity contribution in [1.29, 1.82) is 0 Å². The summed E-state index contributed by atoms with van der Waals surface area (Å²) in [7, 11) is 0. The van der Waals surface area contributed by atoms with Crippen LogP contribution in [-0.4, -0.2) is 5.91 Å². The van der Waals surface area contributed by atoms with Crippen molar-refractivity contribution in [2.24, 2.45) is 0 Å². The van der Waals surface area contributed by atoms with Gasteiger partial charge in [-0.3, -0.25) is 4.79 Å². The Morgan fingerprint density at radius 3 is 2.30 bits per heavy atom. The summed E-state index contributed by atoms with van der Waals surface area (Å²) in [6.45, 7) is 3.91. The van der Waals surface area contributed by atoms with Crippen LogP contribution in [-0.2, 0) is 16.8 Å². The second-order valence-corrected chi connectivity index (χ2v) is 5.72. The minimum Gasteiger partial charge on any atom is -0.347 e. The van der Waals surface area contributed by atoms with Crippen molar-refractivity contribution >= 4 is 17.5 Å². The van der Waals surface area contributed by atoms with E-state index in [0.717, 1.165) is 11.1 Å². The molecule has 0 aliphatic rings. The third kappa shape index (κ3) is 3.61. The van der Waals surface area contributed by atoms with Crippen molar-refractivity contribution in [1.82, 2.24) is 5.32 Å². The molecule has 0 heterocycles. The highest BCUT2D eigenvalue weighted by Crippen LogP contribution is 2.27. The molecule has 0 unspecified atom stereocenters. The van der Waals surface area contributed by atoms with E-state index in [1.165, 1.54) is 0 Å². The molecule has 2 rings (SSSR count). The highest BCUT2D eigenvalue weighted by Gasteiger charge is 2.24. The standard InChI is InChI=1S/C17H18ClNO/c1-17(2,14-10-6-7-11-15(14)18)19-16(20)12-13-8-4-3-5-9-13/h3-11H,12H2,1-2H3,(H,19,20). The molecule has 2 aromatic carbocycles. The minimum absolute atomic E-state index is 0.0129. The van der Waals surface area contributed by atoms with E-state index < -0.39 is 5.54 Å². The van der Waals surface area contributed by atoms with Gasteiger partial charge >= 0.3 is 0 Å². The fourth-order valence-corrected chi connectivity index (χ4v) is 2.58. The Morgan fingerprint density at radius 1 is 1.05 bits per heavy atom. The normalized spacial score (nSPS) is 11.2. The second-order valence-electron chi connectivity index (χ2n) is 5.32. The molecule has 2 nitrogen and oxygen atoms in total. The van der Waals surface area contributed by atoms with Crippen molar-refractivity contribution in [3.8, 4) is 0 Å². The van der Waals surface area contributed by atoms with Crippen LogP contribution in [0.3, 0.4) is 0 Å². The first kappa shape index (κ1) is 14.6. The Balaban J connectivity index is 2.09. The predicted molar refractivity (Wildman–Crippen MR) is 82.8 cm³/mol. The highest BCUT2D eigenvalue weighted by molar-refractivity contribution is 6.31. The van der Waals surface area contributed by atoms with Gasteiger partial charge < -0.3 is 5.32 Å². The molecule has 0 bridgehead atoms. The smallest absolute Gasteiger partial charge is 0.225 e. The first-order valence-electron chi connectivity index (χ1n) is 6.59. The average molecular weight is 288 g/mol. The number of benzene rings is 2. The number of halogens is 1. The highest BCUT2D eigenvalue weighted by atomic mass is 35.5. The molecule has 0 saturated carbocycles. The summed E-state index contributed by atoms with van der Waals surface area (Å²) in [5.41, 5.74) is 1.42. The van der Waals surface area contributed by atoms with E-state index in [1.807, 2.05) is 68.4 Å². The first-order chi connectivity index (χ1) is 9.49. The molecule has 0 aliphatic carbocycles. The largest absolute Gasteiger partial charge is 0.347 e. The Kier molecular flexibility index (Phi) is 4.46. The Morgan fingerprint density at radius 2 is 1.65 bits per heavy atom. The van der Waals surface area contributed by atoms with Crippen LogP contribution in [0.15, 0.2) is 54.6 Å². The van der Waals surface area contributed by atoms with Gasteiger partial charge in [-0.25, -0.2) is 0 Å². The van der Waals surface area contributed by atoms with E-state index in [-0.39, 0.29) is 5.91 Å². The summed E-state index contributed by atoms with van der Waals surface area (Å²) >= 11 is 6.20. The van der Waals surface area contributed by atoms with E-state index >= 15 is 0 Å². The van der Waals surface area contributed by atoms with Crippen molar-refractivity contribution in [3.05, 3.63) is 70.7 Å². The third-order valence-corrected chi connectivity index (χ3v) is 3.54. The lowest BCUT2D eigenvalue weighted by Gasteiger charge is -2.28. The number of hydrogen-bond acceptors (Lipinski definition) is 1. The van der Waals surface area contributed by atoms with Crippen molar-refractivity contribution in [3.63, 3.8) is 0 Å². The fourth-order valence-electron chi connectivity index (χ4n) is 2.21. The van der Waals surface area contributed by atoms with Crippen molar-refractivity contribution in [2.75, 3.05) is 0 Å². The summed E-state index contributed by atoms with van der Waals surface area (Å²) in [5.74, 6) is -0.0129. The van der Waals surface area contributed by atoms with E-state index in [2.05, 4.69) is 5.32 Å². The number of rotatable bonds is 4. The molecular formula is C17H18ClNO. The lowest BCUT2D eigenvalue weighted by molar-refractivity contribution is -0.122. The van der Waals surface area contributed by atoms with Crippen LogP contribution in [0, 0.1) is 0 Å². The molecule has 2 aromatic rings. The van der Waals surface area contributed by atoms with Crippen LogP contribution in [0.25, 0.3) is 0 Å². The van der Waals surface area contributed by atoms with Crippen molar-refractivity contribution in [2.45, 2.75) is 25.8 Å². The van der Waals surface area contributed by atoms with Crippen LogP contribution >= 0.6 is 11.6 Å². The Bertz CT molecular complexity index is 593. The molecule has 0 aromatic heterocycles.